The fourth-order valence-electron chi connectivity index (χ4n) is 5.53. The molecule has 0 bridgehead atoms. The Balaban J connectivity index is 1.08. The molecule has 0 aliphatic heterocycles. The van der Waals surface area contributed by atoms with Gasteiger partial charge in [-0.05, 0) is 95.7 Å². The average Bonchev–Trinajstić information content (AvgIpc) is 3.16. The molecule has 54 heavy (non-hydrogen) atoms. The summed E-state index contributed by atoms with van der Waals surface area (Å²) in [6.45, 7) is 0. The summed E-state index contributed by atoms with van der Waals surface area (Å²) in [7, 11) is 0. The maximum atomic E-state index is 13.5. The molecule has 0 saturated carbocycles. The highest BCUT2D eigenvalue weighted by molar-refractivity contribution is 6.35. The number of rotatable bonds is 8. The van der Waals surface area contributed by atoms with Gasteiger partial charge >= 0.3 is 0 Å². The van der Waals surface area contributed by atoms with Gasteiger partial charge in [-0.1, -0.05) is 82.8 Å². The second-order valence-corrected chi connectivity index (χ2v) is 13.5. The number of nitrogens with one attached hydrogen (secondary N) is 2. The van der Waals surface area contributed by atoms with Crippen LogP contribution in [0.5, 0.6) is 11.5 Å². The van der Waals surface area contributed by atoms with Crippen LogP contribution in [-0.4, -0.2) is 22.0 Å². The van der Waals surface area contributed by atoms with Crippen molar-refractivity contribution in [3.05, 3.63) is 153 Å². The number of carbonyl (C=O) groups excluding carboxylic acids is 2. The van der Waals surface area contributed by atoms with E-state index >= 15 is 0 Å². The predicted octanol–water partition coefficient (Wildman–Crippen LogP) is 13.4. The zero-order valence-electron chi connectivity index (χ0n) is 27.6. The first-order valence-corrected chi connectivity index (χ1v) is 17.5. The molecule has 0 spiro atoms. The molecule has 0 aliphatic rings. The van der Waals surface area contributed by atoms with Crippen molar-refractivity contribution in [2.75, 3.05) is 10.6 Å². The first kappa shape index (κ1) is 36.3. The van der Waals surface area contributed by atoms with E-state index in [1.807, 2.05) is 0 Å². The van der Waals surface area contributed by atoms with E-state index in [4.69, 9.17) is 46.4 Å². The summed E-state index contributed by atoms with van der Waals surface area (Å²) in [5.74, 6) is -1.82. The van der Waals surface area contributed by atoms with Crippen LogP contribution >= 0.6 is 46.4 Å². The van der Waals surface area contributed by atoms with E-state index in [-0.39, 0.29) is 28.3 Å². The monoisotopic (exact) mass is 792 g/mol. The second-order valence-electron chi connectivity index (χ2n) is 11.8. The number of carbonyl (C=O) groups is 2. The summed E-state index contributed by atoms with van der Waals surface area (Å²) in [6, 6.07) is 32.8. The van der Waals surface area contributed by atoms with Gasteiger partial charge < -0.3 is 20.8 Å². The van der Waals surface area contributed by atoms with Crippen molar-refractivity contribution in [1.29, 1.82) is 0 Å². The Morgan fingerprint density at radius 2 is 1.02 bits per heavy atom. The summed E-state index contributed by atoms with van der Waals surface area (Å²) in [5, 5.41) is 48.5. The standard InChI is InChI=1S/C40H24Cl4N6O4/c41-23-8-14-31(43)34(18-23)48-47-33-7-3-5-22-16-29(36(51)20-28(22)33)39(53)45-25-10-12-26(13-11-25)46-40(54)30-17-21-4-1-2-6-27(21)37(38(30)52)50-49-35-19-24(42)9-15-32(35)44/h1-20,51-52H,(H,45,53)(H,46,54). The van der Waals surface area contributed by atoms with Crippen LogP contribution in [-0.2, 0) is 0 Å². The third-order valence-corrected chi connectivity index (χ3v) is 9.31. The number of hydrogen-bond donors (Lipinski definition) is 4. The normalized spacial score (nSPS) is 11.5. The molecule has 0 fully saturated rings. The highest BCUT2D eigenvalue weighted by Crippen LogP contribution is 2.41. The van der Waals surface area contributed by atoms with Gasteiger partial charge in [0.1, 0.15) is 22.8 Å². The summed E-state index contributed by atoms with van der Waals surface area (Å²) < 4.78 is 0. The molecule has 0 heterocycles. The van der Waals surface area contributed by atoms with Gasteiger partial charge in [-0.3, -0.25) is 9.59 Å². The van der Waals surface area contributed by atoms with Crippen molar-refractivity contribution in [2.45, 2.75) is 0 Å². The van der Waals surface area contributed by atoms with Gasteiger partial charge in [-0.15, -0.1) is 20.5 Å². The van der Waals surface area contributed by atoms with Crippen molar-refractivity contribution in [1.82, 2.24) is 0 Å². The number of azo groups is 2. The molecule has 10 nitrogen and oxygen atoms in total. The lowest BCUT2D eigenvalue weighted by Gasteiger charge is -2.12. The Morgan fingerprint density at radius 1 is 0.500 bits per heavy atom. The van der Waals surface area contributed by atoms with E-state index in [0.717, 1.165) is 0 Å². The van der Waals surface area contributed by atoms with E-state index in [9.17, 15) is 19.8 Å². The molecule has 7 aromatic carbocycles. The second kappa shape index (κ2) is 15.5. The van der Waals surface area contributed by atoms with Crippen LogP contribution in [0, 0.1) is 0 Å². The third-order valence-electron chi connectivity index (χ3n) is 8.20. The van der Waals surface area contributed by atoms with Crippen molar-refractivity contribution < 1.29 is 19.8 Å². The lowest BCUT2D eigenvalue weighted by molar-refractivity contribution is 0.101. The summed E-state index contributed by atoms with van der Waals surface area (Å²) in [6.07, 6.45) is 0. The molecule has 4 N–H and O–H groups in total. The quantitative estimate of drug-likeness (QED) is 0.113. The zero-order chi connectivity index (χ0) is 37.9. The minimum atomic E-state index is -0.608. The molecule has 0 saturated heterocycles. The van der Waals surface area contributed by atoms with Gasteiger partial charge in [-0.25, -0.2) is 0 Å². The summed E-state index contributed by atoms with van der Waals surface area (Å²) in [4.78, 5) is 26.7. The Morgan fingerprint density at radius 3 is 1.67 bits per heavy atom. The number of fused-ring (bicyclic) bond motifs is 2. The third kappa shape index (κ3) is 7.83. The van der Waals surface area contributed by atoms with Crippen molar-refractivity contribution in [3.63, 3.8) is 0 Å². The predicted molar refractivity (Wildman–Crippen MR) is 215 cm³/mol. The average molecular weight is 794 g/mol. The number of anilines is 2. The number of benzene rings is 7. The number of amides is 2. The first-order chi connectivity index (χ1) is 26.0. The largest absolute Gasteiger partial charge is 0.507 e. The van der Waals surface area contributed by atoms with E-state index in [1.165, 1.54) is 12.1 Å². The molecule has 266 valence electrons. The Bertz CT molecular complexity index is 2690. The van der Waals surface area contributed by atoms with Gasteiger partial charge in [-0.2, -0.15) is 0 Å². The van der Waals surface area contributed by atoms with Gasteiger partial charge in [0.25, 0.3) is 11.8 Å². The lowest BCUT2D eigenvalue weighted by Crippen LogP contribution is -2.13. The van der Waals surface area contributed by atoms with E-state index in [1.54, 1.807) is 109 Å². The fourth-order valence-corrected chi connectivity index (χ4v) is 6.17. The number of nitrogens with zero attached hydrogens (tertiary/aromatic N) is 4. The Kier molecular flexibility index (Phi) is 10.4. The van der Waals surface area contributed by atoms with E-state index in [0.29, 0.717) is 70.1 Å². The minimum absolute atomic E-state index is 0.0317. The molecule has 2 amide bonds. The number of aromatic hydroxyl groups is 2. The molecule has 0 aromatic heterocycles. The van der Waals surface area contributed by atoms with E-state index < -0.39 is 11.8 Å². The SMILES string of the molecule is O=C(Nc1ccc(NC(=O)c2cc3ccccc3c(N=Nc3cc(Cl)ccc3Cl)c2O)cc1)c1cc2cccc(N=Nc3cc(Cl)ccc3Cl)c2cc1O. The summed E-state index contributed by atoms with van der Waals surface area (Å²) >= 11 is 24.6. The number of hydrogen-bond acceptors (Lipinski definition) is 8. The van der Waals surface area contributed by atoms with Crippen molar-refractivity contribution in [3.8, 4) is 11.5 Å². The zero-order valence-corrected chi connectivity index (χ0v) is 30.6. The van der Waals surface area contributed by atoms with Gasteiger partial charge in [0.2, 0.25) is 0 Å². The van der Waals surface area contributed by atoms with Crippen LogP contribution in [0.3, 0.4) is 0 Å². The van der Waals surface area contributed by atoms with Crippen molar-refractivity contribution in [2.24, 2.45) is 20.5 Å². The van der Waals surface area contributed by atoms with Crippen molar-refractivity contribution >= 4 is 114 Å². The van der Waals surface area contributed by atoms with Crippen LogP contribution in [0.1, 0.15) is 20.7 Å². The van der Waals surface area contributed by atoms with Crippen LogP contribution in [0.25, 0.3) is 21.5 Å². The maximum Gasteiger partial charge on any atom is 0.259 e. The van der Waals surface area contributed by atoms with Crippen LogP contribution < -0.4 is 10.6 Å². The summed E-state index contributed by atoms with van der Waals surface area (Å²) in [5.41, 5.74) is 1.97. The number of phenolic OH excluding ortho intramolecular Hbond substituents is 2. The molecular formula is C40H24Cl4N6O4. The topological polar surface area (TPSA) is 148 Å². The van der Waals surface area contributed by atoms with Gasteiger partial charge in [0.15, 0.2) is 5.75 Å². The van der Waals surface area contributed by atoms with Crippen LogP contribution in [0.4, 0.5) is 34.1 Å². The van der Waals surface area contributed by atoms with Gasteiger partial charge in [0.05, 0.1) is 26.9 Å². The smallest absolute Gasteiger partial charge is 0.259 e. The van der Waals surface area contributed by atoms with E-state index in [2.05, 4.69) is 31.1 Å². The molecule has 0 aliphatic carbocycles. The number of phenols is 2. The Labute approximate surface area is 327 Å². The molecule has 0 unspecified atom stereocenters. The lowest BCUT2D eigenvalue weighted by atomic mass is 10.0. The molecule has 14 heteroatoms. The first-order valence-electron chi connectivity index (χ1n) is 16.0. The van der Waals surface area contributed by atoms with Crippen LogP contribution in [0.15, 0.2) is 142 Å². The molecule has 0 radical (unpaired) electrons. The molecule has 7 aromatic rings. The van der Waals surface area contributed by atoms with Crippen LogP contribution in [0.2, 0.25) is 20.1 Å². The van der Waals surface area contributed by atoms with Gasteiger partial charge in [0, 0.05) is 32.2 Å². The molecule has 7 rings (SSSR count). The Hall–Kier alpha value is -6.04. The fraction of sp³-hybridized carbons (Fsp3) is 0. The molecule has 0 atom stereocenters. The highest BCUT2D eigenvalue weighted by atomic mass is 35.5. The maximum absolute atomic E-state index is 13.5. The minimum Gasteiger partial charge on any atom is -0.507 e. The highest BCUT2D eigenvalue weighted by Gasteiger charge is 2.20. The molecular weight excluding hydrogens is 770 g/mol. The number of halogens is 4.